The molecule has 0 aliphatic heterocycles. The zero-order valence-corrected chi connectivity index (χ0v) is 15.8. The Bertz CT molecular complexity index is 1110. The van der Waals surface area contributed by atoms with Crippen LogP contribution in [0.4, 0.5) is 4.39 Å². The van der Waals surface area contributed by atoms with Crippen LogP contribution in [0.15, 0.2) is 52.1 Å². The molecule has 0 spiro atoms. The van der Waals surface area contributed by atoms with Gasteiger partial charge in [-0.15, -0.1) is 5.10 Å². The lowest BCUT2D eigenvalue weighted by atomic mass is 10.1. The fraction of sp³-hybridized carbons (Fsp3) is 0.167. The van der Waals surface area contributed by atoms with E-state index in [4.69, 9.17) is 4.52 Å². The highest BCUT2D eigenvalue weighted by molar-refractivity contribution is 7.99. The minimum absolute atomic E-state index is 0.158. The molecule has 0 fully saturated rings. The molecule has 8 nitrogen and oxygen atoms in total. The third-order valence-electron chi connectivity index (χ3n) is 4.04. The van der Waals surface area contributed by atoms with Crippen LogP contribution in [-0.2, 0) is 0 Å². The van der Waals surface area contributed by atoms with Gasteiger partial charge in [0.2, 0.25) is 16.9 Å². The van der Waals surface area contributed by atoms with Gasteiger partial charge in [0.15, 0.2) is 0 Å². The Morgan fingerprint density at radius 3 is 2.71 bits per heavy atom. The highest BCUT2D eigenvalue weighted by atomic mass is 32.2. The van der Waals surface area contributed by atoms with Crippen molar-refractivity contribution in [2.24, 2.45) is 0 Å². The number of aryl methyl sites for hydroxylation is 1. The number of hydrogen-bond acceptors (Lipinski definition) is 8. The normalized spacial score (nSPS) is 12.2. The van der Waals surface area contributed by atoms with Crippen LogP contribution < -0.4 is 0 Å². The second-order valence-corrected chi connectivity index (χ2v) is 7.38. The molecule has 1 N–H and O–H groups in total. The molecule has 0 saturated heterocycles. The molecule has 0 aliphatic rings. The Morgan fingerprint density at radius 2 is 1.96 bits per heavy atom. The lowest BCUT2D eigenvalue weighted by molar-refractivity contribution is 0.380. The van der Waals surface area contributed by atoms with Gasteiger partial charge < -0.3 is 9.63 Å². The van der Waals surface area contributed by atoms with Gasteiger partial charge in [-0.1, -0.05) is 29.1 Å². The molecule has 0 aliphatic carbocycles. The molecule has 0 saturated carbocycles. The number of rotatable bonds is 5. The molecule has 2 heterocycles. The van der Waals surface area contributed by atoms with Crippen LogP contribution in [0.1, 0.15) is 23.6 Å². The van der Waals surface area contributed by atoms with E-state index in [0.29, 0.717) is 33.7 Å². The summed E-state index contributed by atoms with van der Waals surface area (Å²) in [6.45, 7) is 3.57. The van der Waals surface area contributed by atoms with Crippen molar-refractivity contribution in [1.29, 1.82) is 0 Å². The summed E-state index contributed by atoms with van der Waals surface area (Å²) in [6.07, 6.45) is 0. The van der Waals surface area contributed by atoms with Gasteiger partial charge in [0.1, 0.15) is 11.6 Å². The molecule has 4 rings (SSSR count). The molecule has 10 heteroatoms. The van der Waals surface area contributed by atoms with E-state index in [-0.39, 0.29) is 16.8 Å². The summed E-state index contributed by atoms with van der Waals surface area (Å²) >= 11 is 1.34. The molecule has 0 bridgehead atoms. The highest BCUT2D eigenvalue weighted by Gasteiger charge is 2.20. The van der Waals surface area contributed by atoms with Crippen molar-refractivity contribution >= 4 is 11.8 Å². The minimum atomic E-state index is -0.320. The summed E-state index contributed by atoms with van der Waals surface area (Å²) in [5.74, 6) is 0.533. The molecular formula is C18H15FN6O2S. The second-order valence-electron chi connectivity index (χ2n) is 6.07. The van der Waals surface area contributed by atoms with E-state index in [9.17, 15) is 9.50 Å². The van der Waals surface area contributed by atoms with Gasteiger partial charge in [0.25, 0.3) is 0 Å². The van der Waals surface area contributed by atoms with E-state index in [1.165, 1.54) is 17.8 Å². The van der Waals surface area contributed by atoms with Gasteiger partial charge in [-0.25, -0.2) is 4.39 Å². The number of phenols is 1. The Hall–Kier alpha value is -3.27. The number of halogens is 1. The van der Waals surface area contributed by atoms with Crippen molar-refractivity contribution in [2.45, 2.75) is 24.3 Å². The molecule has 2 aromatic carbocycles. The van der Waals surface area contributed by atoms with Crippen LogP contribution in [0.25, 0.3) is 17.1 Å². The van der Waals surface area contributed by atoms with Crippen molar-refractivity contribution in [3.63, 3.8) is 0 Å². The number of tetrazole rings is 1. The standard InChI is InChI=1S/C18H15FN6O2S/c1-10-3-4-12(9-15(10)19)16-20-17(27-22-16)11(2)28-18-21-23-24-25(18)13-5-7-14(26)8-6-13/h3-9,11,26H,1-2H3. The van der Waals surface area contributed by atoms with Gasteiger partial charge in [0, 0.05) is 5.56 Å². The lowest BCUT2D eigenvalue weighted by Crippen LogP contribution is -2.00. The zero-order valence-electron chi connectivity index (χ0n) is 14.9. The van der Waals surface area contributed by atoms with Crippen LogP contribution in [0.2, 0.25) is 0 Å². The quantitative estimate of drug-likeness (QED) is 0.508. The fourth-order valence-electron chi connectivity index (χ4n) is 2.47. The van der Waals surface area contributed by atoms with Gasteiger partial charge in [0.05, 0.1) is 10.9 Å². The molecule has 28 heavy (non-hydrogen) atoms. The highest BCUT2D eigenvalue weighted by Crippen LogP contribution is 2.34. The van der Waals surface area contributed by atoms with Crippen LogP contribution in [0, 0.1) is 12.7 Å². The van der Waals surface area contributed by atoms with E-state index in [1.54, 1.807) is 48.0 Å². The van der Waals surface area contributed by atoms with Crippen molar-refractivity contribution in [1.82, 2.24) is 30.3 Å². The first-order chi connectivity index (χ1) is 13.5. The molecule has 2 aromatic heterocycles. The average molecular weight is 398 g/mol. The molecule has 142 valence electrons. The summed E-state index contributed by atoms with van der Waals surface area (Å²) in [7, 11) is 0. The second kappa shape index (κ2) is 7.39. The number of nitrogens with zero attached hydrogens (tertiary/aromatic N) is 6. The predicted octanol–water partition coefficient (Wildman–Crippen LogP) is 3.72. The summed E-state index contributed by atoms with van der Waals surface area (Å²) < 4.78 is 20.7. The lowest BCUT2D eigenvalue weighted by Gasteiger charge is -2.07. The van der Waals surface area contributed by atoms with Gasteiger partial charge in [-0.05, 0) is 60.2 Å². The first-order valence-corrected chi connectivity index (χ1v) is 9.24. The number of hydrogen-bond donors (Lipinski definition) is 1. The van der Waals surface area contributed by atoms with E-state index in [2.05, 4.69) is 25.7 Å². The third kappa shape index (κ3) is 3.58. The van der Waals surface area contributed by atoms with Gasteiger partial charge in [-0.3, -0.25) is 0 Å². The summed E-state index contributed by atoms with van der Waals surface area (Å²) in [5.41, 5.74) is 1.81. The number of aromatic nitrogens is 6. The molecule has 0 radical (unpaired) electrons. The number of thioether (sulfide) groups is 1. The Kier molecular flexibility index (Phi) is 4.78. The largest absolute Gasteiger partial charge is 0.508 e. The van der Waals surface area contributed by atoms with Gasteiger partial charge >= 0.3 is 0 Å². The van der Waals surface area contributed by atoms with Crippen molar-refractivity contribution in [2.75, 3.05) is 0 Å². The minimum Gasteiger partial charge on any atom is -0.508 e. The Balaban J connectivity index is 1.54. The summed E-state index contributed by atoms with van der Waals surface area (Å²) in [4.78, 5) is 4.37. The van der Waals surface area contributed by atoms with Crippen molar-refractivity contribution < 1.29 is 14.0 Å². The molecule has 1 unspecified atom stereocenters. The monoisotopic (exact) mass is 398 g/mol. The fourth-order valence-corrected chi connectivity index (χ4v) is 3.30. The van der Waals surface area contributed by atoms with Crippen LogP contribution in [0.3, 0.4) is 0 Å². The smallest absolute Gasteiger partial charge is 0.240 e. The van der Waals surface area contributed by atoms with Crippen molar-refractivity contribution in [3.8, 4) is 22.8 Å². The zero-order chi connectivity index (χ0) is 19.7. The number of aromatic hydroxyl groups is 1. The molecular weight excluding hydrogens is 383 g/mol. The van der Waals surface area contributed by atoms with E-state index < -0.39 is 0 Å². The molecule has 1 atom stereocenters. The van der Waals surface area contributed by atoms with Crippen molar-refractivity contribution in [3.05, 3.63) is 59.7 Å². The molecule has 0 amide bonds. The Morgan fingerprint density at radius 1 is 1.18 bits per heavy atom. The maximum Gasteiger partial charge on any atom is 0.240 e. The van der Waals surface area contributed by atoms with E-state index >= 15 is 0 Å². The van der Waals surface area contributed by atoms with Gasteiger partial charge in [-0.2, -0.15) is 9.67 Å². The topological polar surface area (TPSA) is 103 Å². The van der Waals surface area contributed by atoms with Crippen LogP contribution >= 0.6 is 11.8 Å². The summed E-state index contributed by atoms with van der Waals surface area (Å²) in [6, 6.07) is 11.3. The maximum atomic E-state index is 13.8. The average Bonchev–Trinajstić information content (AvgIpc) is 3.34. The first-order valence-electron chi connectivity index (χ1n) is 8.36. The predicted molar refractivity (Wildman–Crippen MR) is 99.5 cm³/mol. The van der Waals surface area contributed by atoms with E-state index in [1.807, 2.05) is 6.92 Å². The SMILES string of the molecule is Cc1ccc(-c2noc(C(C)Sc3nnnn3-c3ccc(O)cc3)n2)cc1F. The summed E-state index contributed by atoms with van der Waals surface area (Å²) in [5, 5.41) is 25.4. The Labute approximate surface area is 163 Å². The number of phenolic OH excluding ortho intramolecular Hbond substituents is 1. The van der Waals surface area contributed by atoms with Crippen LogP contribution in [0.5, 0.6) is 5.75 Å². The first kappa shape index (κ1) is 18.1. The van der Waals surface area contributed by atoms with Crippen LogP contribution in [-0.4, -0.2) is 35.5 Å². The maximum absolute atomic E-state index is 13.8. The molecule has 4 aromatic rings. The third-order valence-corrected chi connectivity index (χ3v) is 5.06. The van der Waals surface area contributed by atoms with E-state index in [0.717, 1.165) is 0 Å². The number of benzene rings is 2.